The Bertz CT molecular complexity index is 1610. The SMILES string of the molecule is CCCc1cn(-c2c(Br)cccc2C(C)(C)C)c(=O)n1Cc1ccc(-c2ccccc2-c2nn[nH]n2)cc1. The lowest BCUT2D eigenvalue weighted by atomic mass is 9.86. The molecule has 0 amide bonds. The van der Waals surface area contributed by atoms with Gasteiger partial charge in [-0.25, -0.2) is 4.79 Å². The molecule has 0 bridgehead atoms. The Labute approximate surface area is 230 Å². The van der Waals surface area contributed by atoms with Gasteiger partial charge in [-0.3, -0.25) is 9.13 Å². The highest BCUT2D eigenvalue weighted by atomic mass is 79.9. The average molecular weight is 572 g/mol. The van der Waals surface area contributed by atoms with Gasteiger partial charge in [0.25, 0.3) is 0 Å². The molecule has 8 heteroatoms. The second-order valence-electron chi connectivity index (χ2n) is 10.5. The Kier molecular flexibility index (Phi) is 7.17. The van der Waals surface area contributed by atoms with Crippen molar-refractivity contribution in [3.05, 3.63) is 105 Å². The van der Waals surface area contributed by atoms with Crippen LogP contribution in [0.15, 0.2) is 82.2 Å². The number of aryl methyl sites for hydroxylation is 1. The van der Waals surface area contributed by atoms with Gasteiger partial charge < -0.3 is 0 Å². The number of aromatic amines is 1. The smallest absolute Gasteiger partial charge is 0.292 e. The maximum Gasteiger partial charge on any atom is 0.333 e. The number of aromatic nitrogens is 6. The summed E-state index contributed by atoms with van der Waals surface area (Å²) in [4.78, 5) is 13.8. The highest BCUT2D eigenvalue weighted by Crippen LogP contribution is 2.33. The number of H-pyrrole nitrogens is 1. The zero-order chi connectivity index (χ0) is 26.9. The van der Waals surface area contributed by atoms with Crippen LogP contribution in [0.4, 0.5) is 0 Å². The molecule has 0 saturated heterocycles. The van der Waals surface area contributed by atoms with E-state index in [4.69, 9.17) is 0 Å². The first-order valence-electron chi connectivity index (χ1n) is 12.8. The first-order chi connectivity index (χ1) is 18.3. The second kappa shape index (κ2) is 10.5. The topological polar surface area (TPSA) is 81.4 Å². The summed E-state index contributed by atoms with van der Waals surface area (Å²) in [6.45, 7) is 9.16. The Morgan fingerprint density at radius 1 is 0.947 bits per heavy atom. The van der Waals surface area contributed by atoms with Crippen LogP contribution in [0.25, 0.3) is 28.2 Å². The van der Waals surface area contributed by atoms with Gasteiger partial charge in [0.15, 0.2) is 0 Å². The van der Waals surface area contributed by atoms with Crippen molar-refractivity contribution in [1.82, 2.24) is 29.8 Å². The number of imidazole rings is 1. The van der Waals surface area contributed by atoms with Gasteiger partial charge in [-0.1, -0.05) is 94.8 Å². The molecule has 5 aromatic rings. The maximum atomic E-state index is 13.8. The van der Waals surface area contributed by atoms with Crippen molar-refractivity contribution in [3.8, 4) is 28.2 Å². The van der Waals surface area contributed by atoms with Gasteiger partial charge in [0.1, 0.15) is 0 Å². The van der Waals surface area contributed by atoms with E-state index in [1.807, 2.05) is 45.7 Å². The normalized spacial score (nSPS) is 11.7. The van der Waals surface area contributed by atoms with E-state index in [1.54, 1.807) is 0 Å². The minimum Gasteiger partial charge on any atom is -0.292 e. The average Bonchev–Trinajstić information content (AvgIpc) is 3.54. The molecule has 5 rings (SSSR count). The molecule has 38 heavy (non-hydrogen) atoms. The summed E-state index contributed by atoms with van der Waals surface area (Å²) in [5.41, 5.74) is 6.97. The van der Waals surface area contributed by atoms with Crippen LogP contribution in [-0.4, -0.2) is 29.8 Å². The molecule has 1 N–H and O–H groups in total. The minimum absolute atomic E-state index is 0.0302. The van der Waals surface area contributed by atoms with Crippen molar-refractivity contribution in [2.45, 2.75) is 52.5 Å². The molecule has 2 heterocycles. The molecule has 0 atom stereocenters. The highest BCUT2D eigenvalue weighted by molar-refractivity contribution is 9.10. The largest absolute Gasteiger partial charge is 0.333 e. The molecule has 194 valence electrons. The van der Waals surface area contributed by atoms with Gasteiger partial charge in [0, 0.05) is 21.9 Å². The molecule has 0 unspecified atom stereocenters. The third-order valence-corrected chi connectivity index (χ3v) is 7.36. The fraction of sp³-hybridized carbons (Fsp3) is 0.267. The first-order valence-corrected chi connectivity index (χ1v) is 13.6. The minimum atomic E-state index is -0.112. The van der Waals surface area contributed by atoms with Crippen molar-refractivity contribution < 1.29 is 0 Å². The van der Waals surface area contributed by atoms with E-state index < -0.39 is 0 Å². The molecule has 0 saturated carbocycles. The van der Waals surface area contributed by atoms with Crippen LogP contribution >= 0.6 is 15.9 Å². The number of nitrogens with one attached hydrogen (secondary N) is 1. The zero-order valence-corrected chi connectivity index (χ0v) is 23.7. The van der Waals surface area contributed by atoms with E-state index in [9.17, 15) is 4.79 Å². The van der Waals surface area contributed by atoms with Crippen LogP contribution in [0.2, 0.25) is 0 Å². The number of hydrogen-bond acceptors (Lipinski definition) is 4. The van der Waals surface area contributed by atoms with Crippen molar-refractivity contribution in [2.24, 2.45) is 0 Å². The number of benzene rings is 3. The number of hydrogen-bond donors (Lipinski definition) is 1. The van der Waals surface area contributed by atoms with Crippen LogP contribution in [0, 0.1) is 0 Å². The third-order valence-electron chi connectivity index (χ3n) is 6.72. The van der Waals surface area contributed by atoms with Crippen LogP contribution in [0.1, 0.15) is 50.9 Å². The van der Waals surface area contributed by atoms with Crippen molar-refractivity contribution in [2.75, 3.05) is 0 Å². The molecule has 7 nitrogen and oxygen atoms in total. The lowest BCUT2D eigenvalue weighted by Gasteiger charge is -2.23. The summed E-state index contributed by atoms with van der Waals surface area (Å²) in [6, 6.07) is 22.5. The van der Waals surface area contributed by atoms with Gasteiger partial charge in [0.05, 0.1) is 12.2 Å². The van der Waals surface area contributed by atoms with Crippen LogP contribution in [0.3, 0.4) is 0 Å². The first kappa shape index (κ1) is 25.9. The van der Waals surface area contributed by atoms with Gasteiger partial charge in [-0.15, -0.1) is 10.2 Å². The number of para-hydroxylation sites is 1. The summed E-state index contributed by atoms with van der Waals surface area (Å²) >= 11 is 3.72. The van der Waals surface area contributed by atoms with E-state index in [2.05, 4.69) is 101 Å². The number of tetrazole rings is 1. The van der Waals surface area contributed by atoms with Crippen molar-refractivity contribution in [3.63, 3.8) is 0 Å². The molecule has 0 aliphatic heterocycles. The van der Waals surface area contributed by atoms with Gasteiger partial charge in [0.2, 0.25) is 5.82 Å². The lowest BCUT2D eigenvalue weighted by molar-refractivity contribution is 0.584. The van der Waals surface area contributed by atoms with Crippen molar-refractivity contribution >= 4 is 15.9 Å². The Hall–Kier alpha value is -3.78. The summed E-state index contributed by atoms with van der Waals surface area (Å²) in [6.07, 6.45) is 3.79. The van der Waals surface area contributed by atoms with E-state index in [1.165, 1.54) is 0 Å². The van der Waals surface area contributed by atoms with Crippen LogP contribution in [0.5, 0.6) is 0 Å². The van der Waals surface area contributed by atoms with E-state index in [-0.39, 0.29) is 11.1 Å². The fourth-order valence-electron chi connectivity index (χ4n) is 4.86. The summed E-state index contributed by atoms with van der Waals surface area (Å²) in [5, 5.41) is 14.5. The summed E-state index contributed by atoms with van der Waals surface area (Å²) in [5.74, 6) is 0.559. The molecule has 3 aromatic carbocycles. The van der Waals surface area contributed by atoms with E-state index >= 15 is 0 Å². The maximum absolute atomic E-state index is 13.8. The van der Waals surface area contributed by atoms with Crippen LogP contribution < -0.4 is 5.69 Å². The predicted octanol–water partition coefficient (Wildman–Crippen LogP) is 6.55. The number of nitrogens with zero attached hydrogens (tertiary/aromatic N) is 5. The van der Waals surface area contributed by atoms with E-state index in [0.29, 0.717) is 12.4 Å². The summed E-state index contributed by atoms with van der Waals surface area (Å²) < 4.78 is 4.62. The quantitative estimate of drug-likeness (QED) is 0.240. The molecule has 0 aliphatic carbocycles. The van der Waals surface area contributed by atoms with Gasteiger partial charge in [-0.05, 0) is 61.3 Å². The standard InChI is InChI=1S/C30H31BrN6O/c1-5-9-22-19-37(27-25(30(2,3)4)12-8-13-26(27)31)29(38)36(22)18-20-14-16-21(17-15-20)23-10-6-7-11-24(23)28-32-34-35-33-28/h6-8,10-17,19H,5,9,18H2,1-4H3,(H,32,33,34,35). The Morgan fingerprint density at radius 2 is 1.68 bits per heavy atom. The third kappa shape index (κ3) is 5.00. The van der Waals surface area contributed by atoms with Gasteiger partial charge >= 0.3 is 5.69 Å². The van der Waals surface area contributed by atoms with Crippen molar-refractivity contribution in [1.29, 1.82) is 0 Å². The Balaban J connectivity index is 1.52. The molecule has 0 radical (unpaired) electrons. The van der Waals surface area contributed by atoms with Crippen LogP contribution in [-0.2, 0) is 18.4 Å². The number of halogens is 1. The van der Waals surface area contributed by atoms with E-state index in [0.717, 1.165) is 56.5 Å². The molecular weight excluding hydrogens is 540 g/mol. The summed E-state index contributed by atoms with van der Waals surface area (Å²) in [7, 11) is 0. The predicted molar refractivity (Wildman–Crippen MR) is 155 cm³/mol. The molecule has 0 spiro atoms. The Morgan fingerprint density at radius 3 is 2.34 bits per heavy atom. The molecular formula is C30H31BrN6O. The number of rotatable bonds is 7. The highest BCUT2D eigenvalue weighted by Gasteiger charge is 2.23. The zero-order valence-electron chi connectivity index (χ0n) is 22.1. The molecule has 0 fully saturated rings. The lowest BCUT2D eigenvalue weighted by Crippen LogP contribution is -2.27. The molecule has 0 aliphatic rings. The van der Waals surface area contributed by atoms with Gasteiger partial charge in [-0.2, -0.15) is 5.21 Å². The second-order valence-corrected chi connectivity index (χ2v) is 11.3. The monoisotopic (exact) mass is 570 g/mol. The molecule has 2 aromatic heterocycles. The fourth-order valence-corrected chi connectivity index (χ4v) is 5.41.